The monoisotopic (exact) mass is 285 g/mol. The van der Waals surface area contributed by atoms with E-state index < -0.39 is 0 Å². The molecule has 2 saturated carbocycles. The Labute approximate surface area is 121 Å². The number of rotatable bonds is 2. The third kappa shape index (κ3) is 1.73. The molecule has 0 aromatic heterocycles. The molecular weight excluding hydrogens is 270 g/mol. The van der Waals surface area contributed by atoms with E-state index in [1.54, 1.807) is 24.3 Å². The van der Waals surface area contributed by atoms with Gasteiger partial charge in [-0.2, -0.15) is 0 Å². The number of carbonyl (C=O) groups is 3. The number of hydrogen-bond donors (Lipinski definition) is 0. The average molecular weight is 285 g/mol. The number of imide groups is 1. The zero-order valence-corrected chi connectivity index (χ0v) is 11.6. The Morgan fingerprint density at radius 2 is 1.71 bits per heavy atom. The normalized spacial score (nSPS) is 32.9. The van der Waals surface area contributed by atoms with Crippen molar-refractivity contribution in [1.82, 2.24) is 4.90 Å². The largest absolute Gasteiger partial charge is 0.462 e. The fourth-order valence-corrected chi connectivity index (χ4v) is 3.85. The lowest BCUT2D eigenvalue weighted by Gasteiger charge is -2.24. The van der Waals surface area contributed by atoms with Crippen LogP contribution in [-0.2, 0) is 9.53 Å². The highest BCUT2D eigenvalue weighted by molar-refractivity contribution is 6.21. The van der Waals surface area contributed by atoms with Gasteiger partial charge in [0.15, 0.2) is 0 Å². The van der Waals surface area contributed by atoms with Crippen molar-refractivity contribution in [2.45, 2.75) is 31.9 Å². The van der Waals surface area contributed by atoms with Gasteiger partial charge in [0.1, 0.15) is 6.10 Å². The number of ether oxygens (including phenoxy) is 1. The van der Waals surface area contributed by atoms with Crippen molar-refractivity contribution in [2.75, 3.05) is 0 Å². The second-order valence-electron chi connectivity index (χ2n) is 6.04. The number of fused-ring (bicyclic) bond motifs is 2. The first-order chi connectivity index (χ1) is 10.1. The zero-order chi connectivity index (χ0) is 14.7. The van der Waals surface area contributed by atoms with Crippen molar-refractivity contribution < 1.29 is 19.1 Å². The van der Waals surface area contributed by atoms with Crippen molar-refractivity contribution >= 4 is 17.8 Å². The lowest BCUT2D eigenvalue weighted by molar-refractivity contribution is -0.147. The van der Waals surface area contributed by atoms with Crippen LogP contribution in [-0.4, -0.2) is 34.8 Å². The second-order valence-corrected chi connectivity index (χ2v) is 6.04. The Bertz CT molecular complexity index is 633. The molecule has 0 spiro atoms. The molecule has 1 aliphatic heterocycles. The van der Waals surface area contributed by atoms with E-state index in [0.29, 0.717) is 23.5 Å². The standard InChI is InChI=1S/C16H15NO4/c1-8(18)21-14-7-13(11-6-12(11)14)17-15(19)9-4-2-3-5-10(9)16(17)20/h2-5,11-14H,6-7H2,1H3/t11-,12+,13-,14-/m1/s1. The molecule has 108 valence electrons. The molecule has 5 heteroatoms. The molecule has 5 nitrogen and oxygen atoms in total. The van der Waals surface area contributed by atoms with Crippen LogP contribution >= 0.6 is 0 Å². The van der Waals surface area contributed by atoms with E-state index in [-0.39, 0.29) is 35.8 Å². The maximum Gasteiger partial charge on any atom is 0.302 e. The van der Waals surface area contributed by atoms with Crippen molar-refractivity contribution in [2.24, 2.45) is 11.8 Å². The molecule has 2 fully saturated rings. The number of benzene rings is 1. The summed E-state index contributed by atoms with van der Waals surface area (Å²) in [5, 5.41) is 0. The highest BCUT2D eigenvalue weighted by Gasteiger charge is 2.60. The first kappa shape index (κ1) is 12.6. The molecular formula is C16H15NO4. The molecule has 1 heterocycles. The Morgan fingerprint density at radius 3 is 2.29 bits per heavy atom. The van der Waals surface area contributed by atoms with Crippen molar-refractivity contribution in [3.8, 4) is 0 Å². The van der Waals surface area contributed by atoms with Crippen LogP contribution in [0, 0.1) is 11.8 Å². The van der Waals surface area contributed by atoms with Crippen LogP contribution in [0.3, 0.4) is 0 Å². The summed E-state index contributed by atoms with van der Waals surface area (Å²) in [6, 6.07) is 6.79. The van der Waals surface area contributed by atoms with Crippen LogP contribution in [0.25, 0.3) is 0 Å². The lowest BCUT2D eigenvalue weighted by Crippen LogP contribution is -2.41. The molecule has 1 aromatic carbocycles. The van der Waals surface area contributed by atoms with Crippen LogP contribution in [0.2, 0.25) is 0 Å². The van der Waals surface area contributed by atoms with E-state index >= 15 is 0 Å². The average Bonchev–Trinajstić information content (AvgIpc) is 3.12. The minimum atomic E-state index is -0.298. The molecule has 4 rings (SSSR count). The number of nitrogens with zero attached hydrogens (tertiary/aromatic N) is 1. The zero-order valence-electron chi connectivity index (χ0n) is 11.6. The lowest BCUT2D eigenvalue weighted by atomic mass is 10.1. The third-order valence-corrected chi connectivity index (χ3v) is 4.81. The van der Waals surface area contributed by atoms with Gasteiger partial charge in [-0.15, -0.1) is 0 Å². The molecule has 0 radical (unpaired) electrons. The van der Waals surface area contributed by atoms with Gasteiger partial charge in [0.25, 0.3) is 11.8 Å². The molecule has 4 atom stereocenters. The van der Waals surface area contributed by atoms with E-state index in [4.69, 9.17) is 4.74 Å². The van der Waals surface area contributed by atoms with Gasteiger partial charge in [0.2, 0.25) is 0 Å². The van der Waals surface area contributed by atoms with E-state index in [2.05, 4.69) is 0 Å². The van der Waals surface area contributed by atoms with E-state index in [1.165, 1.54) is 11.8 Å². The summed E-state index contributed by atoms with van der Waals surface area (Å²) < 4.78 is 5.31. The van der Waals surface area contributed by atoms with Gasteiger partial charge < -0.3 is 4.74 Å². The van der Waals surface area contributed by atoms with Gasteiger partial charge in [0.05, 0.1) is 11.1 Å². The summed E-state index contributed by atoms with van der Waals surface area (Å²) in [5.74, 6) is -0.127. The smallest absolute Gasteiger partial charge is 0.302 e. The molecule has 3 aliphatic rings. The number of carbonyl (C=O) groups excluding carboxylic acids is 3. The fraction of sp³-hybridized carbons (Fsp3) is 0.438. The van der Waals surface area contributed by atoms with Crippen molar-refractivity contribution in [3.63, 3.8) is 0 Å². The van der Waals surface area contributed by atoms with Gasteiger partial charge in [-0.3, -0.25) is 19.3 Å². The predicted octanol–water partition coefficient (Wildman–Crippen LogP) is 1.62. The Hall–Kier alpha value is -2.17. The number of hydrogen-bond acceptors (Lipinski definition) is 4. The maximum absolute atomic E-state index is 12.5. The predicted molar refractivity (Wildman–Crippen MR) is 72.5 cm³/mol. The molecule has 2 amide bonds. The van der Waals surface area contributed by atoms with E-state index in [0.717, 1.165) is 6.42 Å². The third-order valence-electron chi connectivity index (χ3n) is 4.81. The van der Waals surface area contributed by atoms with Gasteiger partial charge in [0, 0.05) is 25.3 Å². The van der Waals surface area contributed by atoms with Gasteiger partial charge in [-0.05, 0) is 24.5 Å². The van der Waals surface area contributed by atoms with E-state index in [9.17, 15) is 14.4 Å². The van der Waals surface area contributed by atoms with Crippen LogP contribution in [0.5, 0.6) is 0 Å². The summed E-state index contributed by atoms with van der Waals surface area (Å²) in [6.07, 6.45) is 1.35. The minimum Gasteiger partial charge on any atom is -0.462 e. The number of amides is 2. The first-order valence-corrected chi connectivity index (χ1v) is 7.22. The second kappa shape index (κ2) is 4.16. The van der Waals surface area contributed by atoms with Gasteiger partial charge in [-0.25, -0.2) is 0 Å². The van der Waals surface area contributed by atoms with Crippen molar-refractivity contribution in [1.29, 1.82) is 0 Å². The quantitative estimate of drug-likeness (QED) is 0.612. The summed E-state index contributed by atoms with van der Waals surface area (Å²) >= 11 is 0. The van der Waals surface area contributed by atoms with E-state index in [1.807, 2.05) is 0 Å². The SMILES string of the molecule is CC(=O)O[C@@H]1C[C@@H](N2C(=O)c3ccccc3C2=O)[C@@H]2C[C@@H]21. The van der Waals surface area contributed by atoms with Gasteiger partial charge >= 0.3 is 5.97 Å². The van der Waals surface area contributed by atoms with Crippen molar-refractivity contribution in [3.05, 3.63) is 35.4 Å². The van der Waals surface area contributed by atoms with Crippen LogP contribution < -0.4 is 0 Å². The fourth-order valence-electron chi connectivity index (χ4n) is 3.85. The summed E-state index contributed by atoms with van der Waals surface area (Å²) in [4.78, 5) is 37.5. The molecule has 1 aromatic rings. The molecule has 0 unspecified atom stereocenters. The highest BCUT2D eigenvalue weighted by atomic mass is 16.5. The Kier molecular flexibility index (Phi) is 2.49. The maximum atomic E-state index is 12.5. The highest BCUT2D eigenvalue weighted by Crippen LogP contribution is 2.55. The number of esters is 1. The topological polar surface area (TPSA) is 63.7 Å². The summed E-state index contributed by atoms with van der Waals surface area (Å²) in [6.45, 7) is 1.40. The van der Waals surface area contributed by atoms with Crippen LogP contribution in [0.15, 0.2) is 24.3 Å². The molecule has 21 heavy (non-hydrogen) atoms. The summed E-state index contributed by atoms with van der Waals surface area (Å²) in [7, 11) is 0. The molecule has 0 bridgehead atoms. The Morgan fingerprint density at radius 1 is 1.10 bits per heavy atom. The molecule has 2 aliphatic carbocycles. The van der Waals surface area contributed by atoms with Crippen LogP contribution in [0.1, 0.15) is 40.5 Å². The molecule has 0 N–H and O–H groups in total. The van der Waals surface area contributed by atoms with Crippen LogP contribution in [0.4, 0.5) is 0 Å². The molecule has 0 saturated heterocycles. The first-order valence-electron chi connectivity index (χ1n) is 7.22. The minimum absolute atomic E-state index is 0.133. The van der Waals surface area contributed by atoms with Gasteiger partial charge in [-0.1, -0.05) is 12.1 Å². The Balaban J connectivity index is 1.61. The summed E-state index contributed by atoms with van der Waals surface area (Å²) in [5.41, 5.74) is 0.964.